The van der Waals surface area contributed by atoms with E-state index in [1.807, 2.05) is 36.4 Å². The molecule has 0 saturated carbocycles. The van der Waals surface area contributed by atoms with E-state index in [2.05, 4.69) is 10.6 Å². The highest BCUT2D eigenvalue weighted by molar-refractivity contribution is 8.00. The number of carbonyl (C=O) groups is 3. The fourth-order valence-corrected chi connectivity index (χ4v) is 7.10. The van der Waals surface area contributed by atoms with Gasteiger partial charge in [-0.2, -0.15) is 0 Å². The summed E-state index contributed by atoms with van der Waals surface area (Å²) in [5, 5.41) is 5.79. The van der Waals surface area contributed by atoms with Crippen LogP contribution in [-0.4, -0.2) is 24.4 Å². The highest BCUT2D eigenvalue weighted by atomic mass is 32.2. The lowest BCUT2D eigenvalue weighted by atomic mass is 9.95. The van der Waals surface area contributed by atoms with Gasteiger partial charge in [0.25, 0.3) is 5.91 Å². The summed E-state index contributed by atoms with van der Waals surface area (Å²) in [6.07, 6.45) is 3.73. The number of esters is 1. The van der Waals surface area contributed by atoms with Gasteiger partial charge in [0.1, 0.15) is 16.1 Å². The Labute approximate surface area is 246 Å². The van der Waals surface area contributed by atoms with Crippen molar-refractivity contribution in [3.05, 3.63) is 112 Å². The van der Waals surface area contributed by atoms with Gasteiger partial charge in [-0.15, -0.1) is 23.1 Å². The third kappa shape index (κ3) is 6.86. The molecule has 0 spiro atoms. The largest absolute Gasteiger partial charge is 0.462 e. The summed E-state index contributed by atoms with van der Waals surface area (Å²) in [5.41, 5.74) is 3.15. The number of benzene rings is 3. The lowest BCUT2D eigenvalue weighted by Crippen LogP contribution is -2.20. The number of nitrogens with one attached hydrogen (secondary N) is 2. The molecule has 1 aromatic heterocycles. The predicted octanol–water partition coefficient (Wildman–Crippen LogP) is 7.67. The zero-order valence-corrected chi connectivity index (χ0v) is 24.1. The Kier molecular flexibility index (Phi) is 9.16. The van der Waals surface area contributed by atoms with Crippen molar-refractivity contribution in [3.8, 4) is 0 Å². The Morgan fingerprint density at radius 1 is 0.951 bits per heavy atom. The van der Waals surface area contributed by atoms with Gasteiger partial charge in [0, 0.05) is 21.0 Å². The van der Waals surface area contributed by atoms with Crippen molar-refractivity contribution in [2.24, 2.45) is 0 Å². The number of hydrogen-bond acceptors (Lipinski definition) is 6. The molecule has 210 valence electrons. The SMILES string of the molecule is CCOC(=O)c1c(NC(=O)C(Sc2cccc(NC(=O)c3ccc(F)cc3)c2)c2ccccc2)sc2c1CCCC2. The van der Waals surface area contributed by atoms with Gasteiger partial charge in [-0.1, -0.05) is 36.4 Å². The number of thiophene rings is 1. The van der Waals surface area contributed by atoms with Gasteiger partial charge < -0.3 is 15.4 Å². The molecular weight excluding hydrogens is 559 g/mol. The smallest absolute Gasteiger partial charge is 0.341 e. The number of carbonyl (C=O) groups excluding carboxylic acids is 3. The topological polar surface area (TPSA) is 84.5 Å². The van der Waals surface area contributed by atoms with Gasteiger partial charge in [0.15, 0.2) is 0 Å². The molecule has 0 fully saturated rings. The second kappa shape index (κ2) is 13.1. The number of anilines is 2. The predicted molar refractivity (Wildman–Crippen MR) is 161 cm³/mol. The van der Waals surface area contributed by atoms with Gasteiger partial charge >= 0.3 is 5.97 Å². The zero-order valence-electron chi connectivity index (χ0n) is 22.4. The van der Waals surface area contributed by atoms with Crippen LogP contribution in [0.1, 0.15) is 61.7 Å². The summed E-state index contributed by atoms with van der Waals surface area (Å²) in [6, 6.07) is 22.0. The molecule has 2 N–H and O–H groups in total. The van der Waals surface area contributed by atoms with Gasteiger partial charge in [0.05, 0.1) is 12.2 Å². The standard InChI is InChI=1S/C32H29FN2O4S2/c1-2-39-32(38)27-25-13-6-7-14-26(25)41-31(27)35-30(37)28(20-9-4-3-5-10-20)40-24-12-8-11-23(19-24)34-29(36)21-15-17-22(33)18-16-21/h3-5,8-12,15-19,28H,2,6-7,13-14H2,1H3,(H,34,36)(H,35,37). The number of ether oxygens (including phenoxy) is 1. The van der Waals surface area contributed by atoms with Gasteiger partial charge in [0.2, 0.25) is 5.91 Å². The van der Waals surface area contributed by atoms with Crippen LogP contribution in [0.15, 0.2) is 83.8 Å². The highest BCUT2D eigenvalue weighted by Gasteiger charge is 2.30. The van der Waals surface area contributed by atoms with E-state index in [-0.39, 0.29) is 18.4 Å². The van der Waals surface area contributed by atoms with Crippen LogP contribution in [0, 0.1) is 5.82 Å². The van der Waals surface area contributed by atoms with E-state index in [0.717, 1.165) is 46.6 Å². The molecular formula is C32H29FN2O4S2. The fraction of sp³-hybridized carbons (Fsp3) is 0.219. The lowest BCUT2D eigenvalue weighted by molar-refractivity contribution is -0.115. The molecule has 1 heterocycles. The molecule has 2 amide bonds. The number of rotatable bonds is 9. The van der Waals surface area contributed by atoms with Crippen molar-refractivity contribution < 1.29 is 23.5 Å². The second-order valence-corrected chi connectivity index (χ2v) is 11.8. The Balaban J connectivity index is 1.39. The molecule has 1 unspecified atom stereocenters. The van der Waals surface area contributed by atoms with Crippen molar-refractivity contribution in [1.82, 2.24) is 0 Å². The Bertz CT molecular complexity index is 1550. The molecule has 4 aromatic rings. The highest BCUT2D eigenvalue weighted by Crippen LogP contribution is 2.41. The lowest BCUT2D eigenvalue weighted by Gasteiger charge is -2.18. The quantitative estimate of drug-likeness (QED) is 0.155. The van der Waals surface area contributed by atoms with Crippen LogP contribution < -0.4 is 10.6 Å². The third-order valence-corrected chi connectivity index (χ3v) is 9.14. The third-order valence-electron chi connectivity index (χ3n) is 6.68. The van der Waals surface area contributed by atoms with Crippen molar-refractivity contribution >= 4 is 51.6 Å². The molecule has 0 aliphatic heterocycles. The van der Waals surface area contributed by atoms with Crippen LogP contribution in [0.4, 0.5) is 15.1 Å². The van der Waals surface area contributed by atoms with Crippen LogP contribution in [0.3, 0.4) is 0 Å². The average Bonchev–Trinajstić information content (AvgIpc) is 3.35. The number of thioether (sulfide) groups is 1. The van der Waals surface area contributed by atoms with Crippen molar-refractivity contribution in [1.29, 1.82) is 0 Å². The van der Waals surface area contributed by atoms with E-state index in [1.165, 1.54) is 47.4 Å². The summed E-state index contributed by atoms with van der Waals surface area (Å²) >= 11 is 2.80. The van der Waals surface area contributed by atoms with E-state index in [9.17, 15) is 18.8 Å². The first-order valence-corrected chi connectivity index (χ1v) is 15.1. The van der Waals surface area contributed by atoms with Crippen molar-refractivity contribution in [3.63, 3.8) is 0 Å². The number of hydrogen-bond donors (Lipinski definition) is 2. The van der Waals surface area contributed by atoms with Crippen LogP contribution in [0.5, 0.6) is 0 Å². The number of fused-ring (bicyclic) bond motifs is 1. The summed E-state index contributed by atoms with van der Waals surface area (Å²) < 4.78 is 18.6. The van der Waals surface area contributed by atoms with E-state index < -0.39 is 17.0 Å². The van der Waals surface area contributed by atoms with Crippen molar-refractivity contribution in [2.45, 2.75) is 42.8 Å². The summed E-state index contributed by atoms with van der Waals surface area (Å²) in [7, 11) is 0. The maximum absolute atomic E-state index is 13.9. The van der Waals surface area contributed by atoms with Crippen LogP contribution >= 0.6 is 23.1 Å². The molecule has 41 heavy (non-hydrogen) atoms. The minimum absolute atomic E-state index is 0.257. The van der Waals surface area contributed by atoms with E-state index in [0.29, 0.717) is 21.8 Å². The van der Waals surface area contributed by atoms with Gasteiger partial charge in [-0.25, -0.2) is 9.18 Å². The van der Waals surface area contributed by atoms with Crippen LogP contribution in [0.25, 0.3) is 0 Å². The maximum atomic E-state index is 13.9. The molecule has 0 radical (unpaired) electrons. The Hall–Kier alpha value is -3.95. The minimum atomic E-state index is -0.631. The first-order valence-electron chi connectivity index (χ1n) is 13.4. The summed E-state index contributed by atoms with van der Waals surface area (Å²) in [6.45, 7) is 2.03. The molecule has 1 aliphatic rings. The summed E-state index contributed by atoms with van der Waals surface area (Å²) in [5.74, 6) is -1.44. The number of halogens is 1. The van der Waals surface area contributed by atoms with E-state index in [4.69, 9.17) is 4.74 Å². The number of amides is 2. The molecule has 1 aliphatic carbocycles. The normalized spacial score (nSPS) is 13.1. The summed E-state index contributed by atoms with van der Waals surface area (Å²) in [4.78, 5) is 41.4. The zero-order chi connectivity index (χ0) is 28.8. The Morgan fingerprint density at radius 3 is 2.46 bits per heavy atom. The molecule has 0 saturated heterocycles. The fourth-order valence-electron chi connectivity index (χ4n) is 4.74. The average molecular weight is 589 g/mol. The van der Waals surface area contributed by atoms with E-state index >= 15 is 0 Å². The van der Waals surface area contributed by atoms with Crippen LogP contribution in [0.2, 0.25) is 0 Å². The molecule has 1 atom stereocenters. The first kappa shape index (κ1) is 28.6. The van der Waals surface area contributed by atoms with Gasteiger partial charge in [-0.05, 0) is 86.2 Å². The van der Waals surface area contributed by atoms with Gasteiger partial charge in [-0.3, -0.25) is 9.59 Å². The molecule has 3 aromatic carbocycles. The molecule has 0 bridgehead atoms. The monoisotopic (exact) mass is 588 g/mol. The molecule has 6 nitrogen and oxygen atoms in total. The maximum Gasteiger partial charge on any atom is 0.341 e. The molecule has 5 rings (SSSR count). The van der Waals surface area contributed by atoms with E-state index in [1.54, 1.807) is 25.1 Å². The van der Waals surface area contributed by atoms with Crippen molar-refractivity contribution in [2.75, 3.05) is 17.2 Å². The minimum Gasteiger partial charge on any atom is -0.462 e. The Morgan fingerprint density at radius 2 is 1.71 bits per heavy atom. The number of aryl methyl sites for hydroxylation is 1. The first-order chi connectivity index (χ1) is 19.9. The second-order valence-electron chi connectivity index (χ2n) is 9.52. The van der Waals surface area contributed by atoms with Crippen LogP contribution in [-0.2, 0) is 22.4 Å². The molecule has 9 heteroatoms.